The molecule has 6 nitrogen and oxygen atoms in total. The van der Waals surface area contributed by atoms with Gasteiger partial charge in [-0.3, -0.25) is 14.7 Å². The van der Waals surface area contributed by atoms with Gasteiger partial charge in [0.25, 0.3) is 5.91 Å². The lowest BCUT2D eigenvalue weighted by atomic mass is 10.2. The topological polar surface area (TPSA) is 54.9 Å². The van der Waals surface area contributed by atoms with Crippen LogP contribution in [-0.2, 0) is 17.8 Å². The van der Waals surface area contributed by atoms with Gasteiger partial charge in [-0.25, -0.2) is 0 Å². The minimum Gasteiger partial charge on any atom is -0.492 e. The van der Waals surface area contributed by atoms with E-state index >= 15 is 0 Å². The Kier molecular flexibility index (Phi) is 7.65. The first-order valence-corrected chi connectivity index (χ1v) is 11.4. The van der Waals surface area contributed by atoms with Crippen LogP contribution in [0.3, 0.4) is 0 Å². The number of aromatic nitrogens is 1. The summed E-state index contributed by atoms with van der Waals surface area (Å²) < 4.78 is 11.4. The van der Waals surface area contributed by atoms with Gasteiger partial charge < -0.3 is 14.4 Å². The fourth-order valence-electron chi connectivity index (χ4n) is 3.51. The van der Waals surface area contributed by atoms with Crippen LogP contribution in [0.15, 0.2) is 66.2 Å². The van der Waals surface area contributed by atoms with Crippen molar-refractivity contribution in [1.82, 2.24) is 14.8 Å². The average Bonchev–Trinajstić information content (AvgIpc) is 3.35. The van der Waals surface area contributed by atoms with Crippen molar-refractivity contribution < 1.29 is 14.3 Å². The molecule has 0 bridgehead atoms. The normalized spacial score (nSPS) is 14.3. The van der Waals surface area contributed by atoms with Crippen LogP contribution in [0.1, 0.15) is 20.9 Å². The van der Waals surface area contributed by atoms with Crippen LogP contribution < -0.4 is 4.74 Å². The summed E-state index contributed by atoms with van der Waals surface area (Å²) in [5, 5.41) is 1.93. The third-order valence-electron chi connectivity index (χ3n) is 5.15. The molecule has 0 N–H and O–H groups in total. The second kappa shape index (κ2) is 11.0. The molecular formula is C24H27N3O3S. The van der Waals surface area contributed by atoms with Crippen LogP contribution in [0.25, 0.3) is 0 Å². The first-order chi connectivity index (χ1) is 15.3. The molecule has 0 unspecified atom stereocenters. The molecule has 3 heterocycles. The van der Waals surface area contributed by atoms with Crippen molar-refractivity contribution in [1.29, 1.82) is 0 Å². The maximum absolute atomic E-state index is 13.1. The predicted molar refractivity (Wildman–Crippen MR) is 121 cm³/mol. The van der Waals surface area contributed by atoms with Gasteiger partial charge in [0, 0.05) is 32.4 Å². The molecule has 31 heavy (non-hydrogen) atoms. The zero-order valence-electron chi connectivity index (χ0n) is 17.5. The molecule has 0 aliphatic carbocycles. The minimum atomic E-state index is 0.0132. The molecule has 1 aromatic carbocycles. The maximum atomic E-state index is 13.1. The Bertz CT molecular complexity index is 944. The lowest BCUT2D eigenvalue weighted by Gasteiger charge is -2.26. The van der Waals surface area contributed by atoms with Crippen molar-refractivity contribution in [3.8, 4) is 5.75 Å². The van der Waals surface area contributed by atoms with Crippen molar-refractivity contribution in [2.75, 3.05) is 39.5 Å². The Morgan fingerprint density at radius 3 is 2.77 bits per heavy atom. The molecule has 0 radical (unpaired) electrons. The molecule has 1 fully saturated rings. The summed E-state index contributed by atoms with van der Waals surface area (Å²) in [5.41, 5.74) is 1.90. The summed E-state index contributed by atoms with van der Waals surface area (Å²) in [6.45, 7) is 5.96. The van der Waals surface area contributed by atoms with Crippen molar-refractivity contribution in [3.63, 3.8) is 0 Å². The van der Waals surface area contributed by atoms with E-state index < -0.39 is 0 Å². The van der Waals surface area contributed by atoms with E-state index in [-0.39, 0.29) is 5.91 Å². The van der Waals surface area contributed by atoms with Gasteiger partial charge in [-0.2, -0.15) is 0 Å². The Morgan fingerprint density at radius 1 is 1.10 bits per heavy atom. The number of morpholine rings is 1. The minimum absolute atomic E-state index is 0.0132. The number of rotatable bonds is 9. The van der Waals surface area contributed by atoms with Crippen molar-refractivity contribution in [3.05, 3.63) is 82.3 Å². The SMILES string of the molecule is O=C(c1cccs1)N(Cc1cccc(OCCN2CCOCC2)c1)Cc1ccccn1. The number of pyridine rings is 1. The van der Waals surface area contributed by atoms with Gasteiger partial charge >= 0.3 is 0 Å². The van der Waals surface area contributed by atoms with Gasteiger partial charge in [0.2, 0.25) is 0 Å². The van der Waals surface area contributed by atoms with Gasteiger partial charge in [0.1, 0.15) is 12.4 Å². The lowest BCUT2D eigenvalue weighted by Crippen LogP contribution is -2.38. The average molecular weight is 438 g/mol. The zero-order chi connectivity index (χ0) is 21.3. The molecule has 0 spiro atoms. The largest absolute Gasteiger partial charge is 0.492 e. The standard InChI is InChI=1S/C24H27N3O3S/c28-24(23-8-4-16-31-23)27(19-21-6-1-2-9-25-21)18-20-5-3-7-22(17-20)30-15-12-26-10-13-29-14-11-26/h1-9,16-17H,10-15,18-19H2. The quantitative estimate of drug-likeness (QED) is 0.511. The van der Waals surface area contributed by atoms with E-state index in [9.17, 15) is 4.79 Å². The first kappa shape index (κ1) is 21.5. The smallest absolute Gasteiger partial charge is 0.264 e. The van der Waals surface area contributed by atoms with Crippen LogP contribution in [0.4, 0.5) is 0 Å². The van der Waals surface area contributed by atoms with E-state index in [2.05, 4.69) is 9.88 Å². The number of amides is 1. The number of benzene rings is 1. The predicted octanol–water partition coefficient (Wildman–Crippen LogP) is 3.70. The summed E-state index contributed by atoms with van der Waals surface area (Å²) in [4.78, 5) is 22.4. The molecule has 1 aliphatic heterocycles. The molecule has 2 aromatic heterocycles. The van der Waals surface area contributed by atoms with E-state index in [1.165, 1.54) is 11.3 Å². The highest BCUT2D eigenvalue weighted by Gasteiger charge is 2.18. The lowest BCUT2D eigenvalue weighted by molar-refractivity contribution is 0.0322. The van der Waals surface area contributed by atoms with Crippen LogP contribution in [-0.4, -0.2) is 60.1 Å². The number of nitrogens with zero attached hydrogens (tertiary/aromatic N) is 3. The zero-order valence-corrected chi connectivity index (χ0v) is 18.3. The molecule has 1 amide bonds. The second-order valence-corrected chi connectivity index (χ2v) is 8.36. The summed E-state index contributed by atoms with van der Waals surface area (Å²) in [5.74, 6) is 0.839. The van der Waals surface area contributed by atoms with Gasteiger partial charge in [0.15, 0.2) is 0 Å². The number of carbonyl (C=O) groups excluding carboxylic acids is 1. The monoisotopic (exact) mass is 437 g/mol. The molecule has 0 atom stereocenters. The van der Waals surface area contributed by atoms with Crippen molar-refractivity contribution in [2.45, 2.75) is 13.1 Å². The molecule has 4 rings (SSSR count). The Balaban J connectivity index is 1.41. The molecule has 1 aliphatic rings. The third kappa shape index (κ3) is 6.37. The third-order valence-corrected chi connectivity index (χ3v) is 6.01. The highest BCUT2D eigenvalue weighted by Crippen LogP contribution is 2.19. The molecule has 3 aromatic rings. The number of hydrogen-bond acceptors (Lipinski definition) is 6. The van der Waals surface area contributed by atoms with Crippen LogP contribution in [0.5, 0.6) is 5.75 Å². The van der Waals surface area contributed by atoms with Crippen LogP contribution >= 0.6 is 11.3 Å². The van der Waals surface area contributed by atoms with Crippen LogP contribution in [0.2, 0.25) is 0 Å². The second-order valence-electron chi connectivity index (χ2n) is 7.41. The van der Waals surface area contributed by atoms with Gasteiger partial charge in [-0.1, -0.05) is 24.3 Å². The van der Waals surface area contributed by atoms with E-state index in [4.69, 9.17) is 9.47 Å². The van der Waals surface area contributed by atoms with Crippen molar-refractivity contribution >= 4 is 17.2 Å². The highest BCUT2D eigenvalue weighted by atomic mass is 32.1. The van der Waals surface area contributed by atoms with E-state index in [1.54, 1.807) is 6.20 Å². The first-order valence-electron chi connectivity index (χ1n) is 10.5. The molecule has 162 valence electrons. The molecule has 7 heteroatoms. The van der Waals surface area contributed by atoms with Gasteiger partial charge in [-0.05, 0) is 41.3 Å². The Hall–Kier alpha value is -2.74. The maximum Gasteiger partial charge on any atom is 0.264 e. The molecular weight excluding hydrogens is 410 g/mol. The molecule has 1 saturated heterocycles. The molecule has 0 saturated carbocycles. The van der Waals surface area contributed by atoms with Crippen LogP contribution in [0, 0.1) is 0 Å². The number of carbonyl (C=O) groups is 1. The summed E-state index contributed by atoms with van der Waals surface area (Å²) in [6, 6.07) is 17.5. The van der Waals surface area contributed by atoms with Crippen molar-refractivity contribution in [2.24, 2.45) is 0 Å². The summed E-state index contributed by atoms with van der Waals surface area (Å²) in [7, 11) is 0. The van der Waals surface area contributed by atoms with E-state index in [0.29, 0.717) is 19.7 Å². The number of ether oxygens (including phenoxy) is 2. The van der Waals surface area contributed by atoms with Gasteiger partial charge in [0.05, 0.1) is 30.3 Å². The fourth-order valence-corrected chi connectivity index (χ4v) is 4.20. The fraction of sp³-hybridized carbons (Fsp3) is 0.333. The summed E-state index contributed by atoms with van der Waals surface area (Å²) in [6.07, 6.45) is 1.76. The Morgan fingerprint density at radius 2 is 2.00 bits per heavy atom. The van der Waals surface area contributed by atoms with Gasteiger partial charge in [-0.15, -0.1) is 11.3 Å². The summed E-state index contributed by atoms with van der Waals surface area (Å²) >= 11 is 1.46. The number of thiophene rings is 1. The van der Waals surface area contributed by atoms with E-state index in [0.717, 1.165) is 54.7 Å². The van der Waals surface area contributed by atoms with E-state index in [1.807, 2.05) is 64.9 Å². The highest BCUT2D eigenvalue weighted by molar-refractivity contribution is 7.12. The number of hydrogen-bond donors (Lipinski definition) is 0. The Labute approximate surface area is 187 Å².